The zero-order valence-electron chi connectivity index (χ0n) is 17.0. The van der Waals surface area contributed by atoms with Crippen molar-refractivity contribution in [3.8, 4) is 0 Å². The molecule has 2 atom stereocenters. The second-order valence-electron chi connectivity index (χ2n) is 7.61. The molecule has 0 fully saturated rings. The van der Waals surface area contributed by atoms with Gasteiger partial charge in [0.1, 0.15) is 6.61 Å². The van der Waals surface area contributed by atoms with Gasteiger partial charge in [0.15, 0.2) is 6.10 Å². The molecule has 0 aliphatic rings. The third-order valence-electron chi connectivity index (χ3n) is 4.68. The van der Waals surface area contributed by atoms with Crippen molar-refractivity contribution in [2.75, 3.05) is 7.11 Å². The van der Waals surface area contributed by atoms with Crippen LogP contribution in [0, 0.1) is 10.8 Å². The van der Waals surface area contributed by atoms with Crippen molar-refractivity contribution in [2.45, 2.75) is 60.2 Å². The molecule has 150 valence electrons. The first-order valence-corrected chi connectivity index (χ1v) is 9.06. The van der Waals surface area contributed by atoms with Crippen LogP contribution in [0.3, 0.4) is 0 Å². The van der Waals surface area contributed by atoms with E-state index in [0.717, 1.165) is 5.56 Å². The van der Waals surface area contributed by atoms with Crippen LogP contribution in [-0.2, 0) is 35.2 Å². The Labute approximate surface area is 161 Å². The van der Waals surface area contributed by atoms with E-state index >= 15 is 0 Å². The molecule has 0 radical (unpaired) electrons. The molecular weight excluding hydrogens is 348 g/mol. The first-order valence-electron chi connectivity index (χ1n) is 9.06. The van der Waals surface area contributed by atoms with Crippen LogP contribution >= 0.6 is 0 Å². The zero-order valence-corrected chi connectivity index (χ0v) is 17.0. The minimum atomic E-state index is -1.03. The van der Waals surface area contributed by atoms with Gasteiger partial charge in [0, 0.05) is 0 Å². The molecule has 6 heteroatoms. The van der Waals surface area contributed by atoms with Crippen LogP contribution in [0.5, 0.6) is 0 Å². The van der Waals surface area contributed by atoms with Crippen LogP contribution in [0.2, 0.25) is 0 Å². The summed E-state index contributed by atoms with van der Waals surface area (Å²) in [6, 6.07) is 9.25. The monoisotopic (exact) mass is 378 g/mol. The van der Waals surface area contributed by atoms with Crippen molar-refractivity contribution in [3.63, 3.8) is 0 Å². The third-order valence-corrected chi connectivity index (χ3v) is 4.68. The van der Waals surface area contributed by atoms with Gasteiger partial charge in [-0.05, 0) is 46.1 Å². The Bertz CT molecular complexity index is 652. The lowest BCUT2D eigenvalue weighted by Gasteiger charge is -2.33. The topological polar surface area (TPSA) is 78.9 Å². The fourth-order valence-electron chi connectivity index (χ4n) is 2.86. The minimum absolute atomic E-state index is 0.113. The molecule has 1 aromatic rings. The van der Waals surface area contributed by atoms with Crippen molar-refractivity contribution in [2.24, 2.45) is 10.8 Å². The number of rotatable bonds is 9. The van der Waals surface area contributed by atoms with Crippen LogP contribution in [0.15, 0.2) is 30.3 Å². The number of hydrogen-bond acceptors (Lipinski definition) is 6. The lowest BCUT2D eigenvalue weighted by atomic mass is 9.72. The Morgan fingerprint density at radius 2 is 1.63 bits per heavy atom. The van der Waals surface area contributed by atoms with Gasteiger partial charge in [-0.1, -0.05) is 37.3 Å². The van der Waals surface area contributed by atoms with Gasteiger partial charge in [-0.25, -0.2) is 4.79 Å². The number of carbonyl (C=O) groups excluding carboxylic acids is 3. The largest absolute Gasteiger partial charge is 0.469 e. The Morgan fingerprint density at radius 3 is 2.15 bits per heavy atom. The van der Waals surface area contributed by atoms with Gasteiger partial charge in [-0.2, -0.15) is 0 Å². The highest BCUT2D eigenvalue weighted by molar-refractivity contribution is 5.83. The Balaban J connectivity index is 2.69. The van der Waals surface area contributed by atoms with E-state index in [2.05, 4.69) is 0 Å². The van der Waals surface area contributed by atoms with Crippen LogP contribution in [0.4, 0.5) is 0 Å². The average molecular weight is 378 g/mol. The fraction of sp³-hybridized carbons (Fsp3) is 0.571. The van der Waals surface area contributed by atoms with Gasteiger partial charge in [-0.3, -0.25) is 9.59 Å². The van der Waals surface area contributed by atoms with Crippen molar-refractivity contribution in [3.05, 3.63) is 35.9 Å². The molecule has 0 saturated heterocycles. The SMILES string of the molecule is CCC(C)(CC(C)(C)C(=O)OC)C(=O)O[C@@H](C)C(=O)OCc1ccccc1. The summed E-state index contributed by atoms with van der Waals surface area (Å²) in [4.78, 5) is 36.8. The molecule has 1 unspecified atom stereocenters. The molecule has 6 nitrogen and oxygen atoms in total. The molecule has 0 amide bonds. The van der Waals surface area contributed by atoms with Gasteiger partial charge in [0.05, 0.1) is 17.9 Å². The molecule has 0 aliphatic carbocycles. The number of hydrogen-bond donors (Lipinski definition) is 0. The normalized spacial score (nSPS) is 14.6. The van der Waals surface area contributed by atoms with E-state index < -0.39 is 34.8 Å². The average Bonchev–Trinajstić information content (AvgIpc) is 2.65. The maximum Gasteiger partial charge on any atom is 0.347 e. The molecule has 0 saturated carbocycles. The Hall–Kier alpha value is -2.37. The van der Waals surface area contributed by atoms with Gasteiger partial charge in [-0.15, -0.1) is 0 Å². The Morgan fingerprint density at radius 1 is 1.04 bits per heavy atom. The van der Waals surface area contributed by atoms with E-state index in [0.29, 0.717) is 6.42 Å². The van der Waals surface area contributed by atoms with Crippen molar-refractivity contribution in [1.82, 2.24) is 0 Å². The first kappa shape index (κ1) is 22.7. The number of methoxy groups -OCH3 is 1. The lowest BCUT2D eigenvalue weighted by molar-refractivity contribution is -0.176. The molecule has 0 N–H and O–H groups in total. The summed E-state index contributed by atoms with van der Waals surface area (Å²) in [6.07, 6.45) is -0.334. The summed E-state index contributed by atoms with van der Waals surface area (Å²) < 4.78 is 15.4. The van der Waals surface area contributed by atoms with E-state index in [1.165, 1.54) is 14.0 Å². The predicted octanol–water partition coefficient (Wildman–Crippen LogP) is 3.67. The van der Waals surface area contributed by atoms with E-state index in [1.54, 1.807) is 20.8 Å². The molecule has 27 heavy (non-hydrogen) atoms. The summed E-state index contributed by atoms with van der Waals surface area (Å²) in [6.45, 7) is 8.60. The van der Waals surface area contributed by atoms with E-state index in [-0.39, 0.29) is 13.0 Å². The molecule has 0 heterocycles. The van der Waals surface area contributed by atoms with Gasteiger partial charge < -0.3 is 14.2 Å². The maximum atomic E-state index is 12.7. The minimum Gasteiger partial charge on any atom is -0.469 e. The first-order chi connectivity index (χ1) is 12.6. The maximum absolute atomic E-state index is 12.7. The molecule has 0 bridgehead atoms. The van der Waals surface area contributed by atoms with Crippen LogP contribution in [0.1, 0.15) is 53.0 Å². The van der Waals surface area contributed by atoms with E-state index in [9.17, 15) is 14.4 Å². The number of ether oxygens (including phenoxy) is 3. The number of carbonyl (C=O) groups is 3. The number of benzene rings is 1. The lowest BCUT2D eigenvalue weighted by Crippen LogP contribution is -2.40. The zero-order chi connectivity index (χ0) is 20.7. The molecule has 0 aliphatic heterocycles. The highest BCUT2D eigenvalue weighted by atomic mass is 16.6. The van der Waals surface area contributed by atoms with Gasteiger partial charge in [0.25, 0.3) is 0 Å². The summed E-state index contributed by atoms with van der Waals surface area (Å²) in [5.74, 6) is -1.55. The molecular formula is C21H30O6. The van der Waals surface area contributed by atoms with Crippen LogP contribution < -0.4 is 0 Å². The van der Waals surface area contributed by atoms with Crippen LogP contribution in [-0.4, -0.2) is 31.1 Å². The van der Waals surface area contributed by atoms with Crippen molar-refractivity contribution < 1.29 is 28.6 Å². The fourth-order valence-corrected chi connectivity index (χ4v) is 2.86. The van der Waals surface area contributed by atoms with E-state index in [1.807, 2.05) is 37.3 Å². The highest BCUT2D eigenvalue weighted by Gasteiger charge is 2.43. The smallest absolute Gasteiger partial charge is 0.347 e. The van der Waals surface area contributed by atoms with Crippen LogP contribution in [0.25, 0.3) is 0 Å². The molecule has 0 spiro atoms. The van der Waals surface area contributed by atoms with E-state index in [4.69, 9.17) is 14.2 Å². The summed E-state index contributed by atoms with van der Waals surface area (Å²) in [5.41, 5.74) is -0.927. The van der Waals surface area contributed by atoms with Crippen molar-refractivity contribution >= 4 is 17.9 Å². The predicted molar refractivity (Wildman–Crippen MR) is 101 cm³/mol. The summed E-state index contributed by atoms with van der Waals surface area (Å²) in [5, 5.41) is 0. The quantitative estimate of drug-likeness (QED) is 0.482. The third kappa shape index (κ3) is 6.38. The number of esters is 3. The second-order valence-corrected chi connectivity index (χ2v) is 7.61. The highest BCUT2D eigenvalue weighted by Crippen LogP contribution is 2.38. The molecule has 1 rings (SSSR count). The summed E-state index contributed by atoms with van der Waals surface area (Å²) >= 11 is 0. The molecule has 1 aromatic carbocycles. The van der Waals surface area contributed by atoms with Gasteiger partial charge in [0.2, 0.25) is 0 Å². The molecule has 0 aromatic heterocycles. The standard InChI is InChI=1S/C21H30O6/c1-7-21(5,14-20(3,4)18(23)25-6)19(24)27-15(2)17(22)26-13-16-11-9-8-10-12-16/h8-12,15H,7,13-14H2,1-6H3/t15-,21?/m0/s1. The Kier molecular flexibility index (Phi) is 8.00. The summed E-state index contributed by atoms with van der Waals surface area (Å²) in [7, 11) is 1.32. The second kappa shape index (κ2) is 9.53. The van der Waals surface area contributed by atoms with Gasteiger partial charge >= 0.3 is 17.9 Å². The van der Waals surface area contributed by atoms with Crippen molar-refractivity contribution in [1.29, 1.82) is 0 Å².